The second-order valence-corrected chi connectivity index (χ2v) is 7.68. The zero-order valence-electron chi connectivity index (χ0n) is 13.2. The number of nitrogens with one attached hydrogen (secondary N) is 1. The first kappa shape index (κ1) is 17.0. The molecule has 1 saturated heterocycles. The van der Waals surface area contributed by atoms with Crippen molar-refractivity contribution in [2.45, 2.75) is 38.1 Å². The second kappa shape index (κ2) is 7.23. The molecule has 1 amide bonds. The molecule has 0 spiro atoms. The molecule has 1 N–H and O–H groups in total. The van der Waals surface area contributed by atoms with Crippen molar-refractivity contribution in [3.63, 3.8) is 0 Å². The molecule has 0 aromatic carbocycles. The molecule has 1 atom stereocenters. The molecule has 1 aromatic heterocycles. The van der Waals surface area contributed by atoms with E-state index in [-0.39, 0.29) is 10.9 Å². The first-order chi connectivity index (χ1) is 10.4. The van der Waals surface area contributed by atoms with Gasteiger partial charge in [-0.15, -0.1) is 0 Å². The van der Waals surface area contributed by atoms with Gasteiger partial charge in [0.15, 0.2) is 5.03 Å². The van der Waals surface area contributed by atoms with Crippen molar-refractivity contribution in [3.05, 3.63) is 12.5 Å². The van der Waals surface area contributed by atoms with Gasteiger partial charge in [0.05, 0.1) is 12.5 Å². The highest BCUT2D eigenvalue weighted by atomic mass is 32.2. The summed E-state index contributed by atoms with van der Waals surface area (Å²) in [4.78, 5) is 20.4. The Kier molecular flexibility index (Phi) is 5.57. The Morgan fingerprint density at radius 1 is 1.36 bits per heavy atom. The predicted molar refractivity (Wildman–Crippen MR) is 82.6 cm³/mol. The number of carbonyl (C=O) groups is 1. The van der Waals surface area contributed by atoms with Gasteiger partial charge in [-0.3, -0.25) is 4.79 Å². The zero-order valence-corrected chi connectivity index (χ0v) is 14.0. The lowest BCUT2D eigenvalue weighted by molar-refractivity contribution is -0.131. The van der Waals surface area contributed by atoms with Crippen molar-refractivity contribution in [2.24, 2.45) is 5.92 Å². The van der Waals surface area contributed by atoms with Gasteiger partial charge >= 0.3 is 0 Å². The zero-order chi connectivity index (χ0) is 16.2. The van der Waals surface area contributed by atoms with E-state index >= 15 is 0 Å². The molecule has 7 nitrogen and oxygen atoms in total. The monoisotopic (exact) mass is 328 g/mol. The van der Waals surface area contributed by atoms with Crippen LogP contribution in [-0.4, -0.2) is 59.7 Å². The van der Waals surface area contributed by atoms with E-state index in [4.69, 9.17) is 0 Å². The van der Waals surface area contributed by atoms with Crippen LogP contribution in [-0.2, 0) is 14.8 Å². The minimum atomic E-state index is -3.54. The number of aromatic amines is 1. The van der Waals surface area contributed by atoms with Crippen LogP contribution in [0.1, 0.15) is 33.1 Å². The smallest absolute Gasteiger partial charge is 0.260 e. The van der Waals surface area contributed by atoms with Gasteiger partial charge in [0.1, 0.15) is 0 Å². The molecule has 1 aromatic rings. The number of sulfonamides is 1. The summed E-state index contributed by atoms with van der Waals surface area (Å²) in [6.07, 6.45) is 4.82. The SMILES string of the molecule is CCC(C)CC(=O)N1CCCN(S(=O)(=O)c2cnc[nH]2)CC1. The fourth-order valence-electron chi connectivity index (χ4n) is 2.48. The van der Waals surface area contributed by atoms with Crippen LogP contribution >= 0.6 is 0 Å². The Bertz CT molecular complexity index is 585. The average molecular weight is 328 g/mol. The molecule has 8 heteroatoms. The molecule has 1 aliphatic rings. The molecular weight excluding hydrogens is 304 g/mol. The molecular formula is C14H24N4O3S. The summed E-state index contributed by atoms with van der Waals surface area (Å²) in [5, 5.41) is 0.104. The molecule has 0 bridgehead atoms. The number of rotatable bonds is 5. The number of aromatic nitrogens is 2. The van der Waals surface area contributed by atoms with Gasteiger partial charge in [-0.05, 0) is 12.3 Å². The largest absolute Gasteiger partial charge is 0.341 e. The van der Waals surface area contributed by atoms with Crippen molar-refractivity contribution < 1.29 is 13.2 Å². The molecule has 0 saturated carbocycles. The molecule has 124 valence electrons. The van der Waals surface area contributed by atoms with Gasteiger partial charge in [0.25, 0.3) is 10.0 Å². The average Bonchev–Trinajstić information content (AvgIpc) is 2.91. The third-order valence-corrected chi connectivity index (χ3v) is 5.94. The van der Waals surface area contributed by atoms with Crippen LogP contribution in [0.5, 0.6) is 0 Å². The molecule has 22 heavy (non-hydrogen) atoms. The first-order valence-corrected chi connectivity index (χ1v) is 9.15. The van der Waals surface area contributed by atoms with Gasteiger partial charge < -0.3 is 9.88 Å². The van der Waals surface area contributed by atoms with E-state index in [1.807, 2.05) is 0 Å². The highest BCUT2D eigenvalue weighted by Crippen LogP contribution is 2.16. The lowest BCUT2D eigenvalue weighted by Gasteiger charge is -2.22. The van der Waals surface area contributed by atoms with Crippen LogP contribution in [0.25, 0.3) is 0 Å². The highest BCUT2D eigenvalue weighted by Gasteiger charge is 2.29. The minimum absolute atomic E-state index is 0.104. The number of amides is 1. The normalized spacial score (nSPS) is 18.9. The highest BCUT2D eigenvalue weighted by molar-refractivity contribution is 7.89. The number of H-pyrrole nitrogens is 1. The van der Waals surface area contributed by atoms with E-state index in [1.165, 1.54) is 16.8 Å². The van der Waals surface area contributed by atoms with E-state index < -0.39 is 10.0 Å². The Balaban J connectivity index is 2.00. The number of imidazole rings is 1. The van der Waals surface area contributed by atoms with E-state index in [9.17, 15) is 13.2 Å². The van der Waals surface area contributed by atoms with Crippen LogP contribution in [0.2, 0.25) is 0 Å². The van der Waals surface area contributed by atoms with E-state index in [0.29, 0.717) is 44.9 Å². The van der Waals surface area contributed by atoms with Gasteiger partial charge in [-0.2, -0.15) is 4.31 Å². The van der Waals surface area contributed by atoms with Gasteiger partial charge in [0, 0.05) is 32.6 Å². The summed E-state index contributed by atoms with van der Waals surface area (Å²) in [6, 6.07) is 0. The van der Waals surface area contributed by atoms with Gasteiger partial charge in [-0.1, -0.05) is 20.3 Å². The molecule has 1 aliphatic heterocycles. The Morgan fingerprint density at radius 2 is 2.14 bits per heavy atom. The maximum atomic E-state index is 12.5. The van der Waals surface area contributed by atoms with Crippen LogP contribution in [0.15, 0.2) is 17.6 Å². The summed E-state index contributed by atoms with van der Waals surface area (Å²) in [7, 11) is -3.54. The maximum Gasteiger partial charge on any atom is 0.260 e. The first-order valence-electron chi connectivity index (χ1n) is 7.71. The fraction of sp³-hybridized carbons (Fsp3) is 0.714. The predicted octanol–water partition coefficient (Wildman–Crippen LogP) is 1.07. The molecule has 1 unspecified atom stereocenters. The molecule has 2 rings (SSSR count). The van der Waals surface area contributed by atoms with Crippen molar-refractivity contribution in [3.8, 4) is 0 Å². The Morgan fingerprint density at radius 3 is 2.77 bits per heavy atom. The summed E-state index contributed by atoms with van der Waals surface area (Å²) < 4.78 is 26.3. The van der Waals surface area contributed by atoms with Crippen molar-refractivity contribution >= 4 is 15.9 Å². The second-order valence-electron chi connectivity index (χ2n) is 5.77. The standard InChI is InChI=1S/C14H24N4O3S/c1-3-12(2)9-14(19)17-5-4-6-18(8-7-17)22(20,21)13-10-15-11-16-13/h10-12H,3-9H2,1-2H3,(H,15,16). The van der Waals surface area contributed by atoms with Crippen LogP contribution in [0.4, 0.5) is 0 Å². The Hall–Kier alpha value is -1.41. The van der Waals surface area contributed by atoms with Crippen molar-refractivity contribution in [1.82, 2.24) is 19.2 Å². The van der Waals surface area contributed by atoms with Gasteiger partial charge in [-0.25, -0.2) is 13.4 Å². The molecule has 0 radical (unpaired) electrons. The molecule has 2 heterocycles. The Labute approximate surface area is 131 Å². The van der Waals surface area contributed by atoms with E-state index in [2.05, 4.69) is 23.8 Å². The molecule has 0 aliphatic carbocycles. The topological polar surface area (TPSA) is 86.4 Å². The van der Waals surface area contributed by atoms with Crippen molar-refractivity contribution in [1.29, 1.82) is 0 Å². The van der Waals surface area contributed by atoms with Gasteiger partial charge in [0.2, 0.25) is 5.91 Å². The number of nitrogens with zero attached hydrogens (tertiary/aromatic N) is 3. The van der Waals surface area contributed by atoms with E-state index in [0.717, 1.165) is 6.42 Å². The summed E-state index contributed by atoms with van der Waals surface area (Å²) >= 11 is 0. The fourth-order valence-corrected chi connectivity index (χ4v) is 3.84. The number of hydrogen-bond donors (Lipinski definition) is 1. The summed E-state index contributed by atoms with van der Waals surface area (Å²) in [6.45, 7) is 5.94. The lowest BCUT2D eigenvalue weighted by atomic mass is 10.0. The summed E-state index contributed by atoms with van der Waals surface area (Å²) in [5.41, 5.74) is 0. The van der Waals surface area contributed by atoms with E-state index in [1.54, 1.807) is 4.90 Å². The quantitative estimate of drug-likeness (QED) is 0.876. The van der Waals surface area contributed by atoms with Crippen LogP contribution in [0, 0.1) is 5.92 Å². The maximum absolute atomic E-state index is 12.5. The van der Waals surface area contributed by atoms with Crippen molar-refractivity contribution in [2.75, 3.05) is 26.2 Å². The molecule has 1 fully saturated rings. The number of hydrogen-bond acceptors (Lipinski definition) is 4. The van der Waals surface area contributed by atoms with Crippen LogP contribution in [0.3, 0.4) is 0 Å². The third kappa shape index (κ3) is 3.86. The lowest BCUT2D eigenvalue weighted by Crippen LogP contribution is -2.37. The minimum Gasteiger partial charge on any atom is -0.341 e. The summed E-state index contributed by atoms with van der Waals surface area (Å²) in [5.74, 6) is 0.482. The third-order valence-electron chi connectivity index (χ3n) is 4.12. The van der Waals surface area contributed by atoms with Crippen LogP contribution < -0.4 is 0 Å². The number of carbonyl (C=O) groups excluding carboxylic acids is 1.